The number of benzene rings is 5. The average Bonchev–Trinajstić information content (AvgIpc) is 3.51. The number of ether oxygens (including phenoxy) is 4. The lowest BCUT2D eigenvalue weighted by Crippen LogP contribution is -2.28. The van der Waals surface area contributed by atoms with Gasteiger partial charge < -0.3 is 18.9 Å². The molecule has 5 aromatic carbocycles. The maximum atomic E-state index is 6.14. The van der Waals surface area contributed by atoms with Gasteiger partial charge in [-0.2, -0.15) is 0 Å². The summed E-state index contributed by atoms with van der Waals surface area (Å²) in [7, 11) is 0. The highest BCUT2D eigenvalue weighted by Gasteiger charge is 2.46. The van der Waals surface area contributed by atoms with Crippen LogP contribution in [0, 0.1) is 13.8 Å². The Morgan fingerprint density at radius 3 is 1.53 bits per heavy atom. The fraction of sp³-hybridized carbons (Fsp3) is 0.434. The van der Waals surface area contributed by atoms with Gasteiger partial charge in [-0.1, -0.05) is 125 Å². The van der Waals surface area contributed by atoms with E-state index in [9.17, 15) is 0 Å². The van der Waals surface area contributed by atoms with Crippen molar-refractivity contribution in [1.82, 2.24) is 0 Å². The Morgan fingerprint density at radius 1 is 0.456 bits per heavy atom. The van der Waals surface area contributed by atoms with Crippen LogP contribution in [0.3, 0.4) is 0 Å². The van der Waals surface area contributed by atoms with Crippen LogP contribution in [0.4, 0.5) is 0 Å². The van der Waals surface area contributed by atoms with Gasteiger partial charge >= 0.3 is 0 Å². The molecule has 57 heavy (non-hydrogen) atoms. The maximum Gasteiger partial charge on any atom is 0.119 e. The Kier molecular flexibility index (Phi) is 15.5. The highest BCUT2D eigenvalue weighted by Crippen LogP contribution is 2.57. The number of aryl methyl sites for hydroxylation is 4. The molecular formula is C53H66O4. The molecule has 0 fully saturated rings. The molecule has 0 atom stereocenters. The molecule has 1 aliphatic rings. The monoisotopic (exact) mass is 766 g/mol. The van der Waals surface area contributed by atoms with E-state index in [2.05, 4.69) is 125 Å². The van der Waals surface area contributed by atoms with Crippen LogP contribution in [0.25, 0.3) is 22.3 Å². The summed E-state index contributed by atoms with van der Waals surface area (Å²) in [6, 6.07) is 37.0. The van der Waals surface area contributed by atoms with E-state index in [0.29, 0.717) is 39.6 Å². The molecule has 4 nitrogen and oxygen atoms in total. The first-order valence-corrected chi connectivity index (χ1v) is 21.9. The van der Waals surface area contributed by atoms with Crippen LogP contribution < -0.4 is 9.47 Å². The van der Waals surface area contributed by atoms with Crippen molar-refractivity contribution in [2.75, 3.05) is 39.6 Å². The summed E-state index contributed by atoms with van der Waals surface area (Å²) >= 11 is 0. The zero-order valence-electron chi connectivity index (χ0n) is 35.7. The van der Waals surface area contributed by atoms with E-state index >= 15 is 0 Å². The summed E-state index contributed by atoms with van der Waals surface area (Å²) in [6.45, 7) is 16.7. The minimum absolute atomic E-state index is 0.523. The fourth-order valence-electron chi connectivity index (χ4n) is 8.76. The van der Waals surface area contributed by atoms with Gasteiger partial charge in [0, 0.05) is 13.2 Å². The largest absolute Gasteiger partial charge is 0.491 e. The van der Waals surface area contributed by atoms with Crippen molar-refractivity contribution in [3.05, 3.63) is 142 Å². The summed E-state index contributed by atoms with van der Waals surface area (Å²) in [6.07, 6.45) is 12.3. The fourth-order valence-corrected chi connectivity index (χ4v) is 8.76. The van der Waals surface area contributed by atoms with Gasteiger partial charge in [-0.25, -0.2) is 0 Å². The minimum atomic E-state index is -0.560. The van der Waals surface area contributed by atoms with E-state index in [1.165, 1.54) is 118 Å². The van der Waals surface area contributed by atoms with Crippen LogP contribution in [0.5, 0.6) is 11.5 Å². The van der Waals surface area contributed by atoms with Crippen LogP contribution in [-0.2, 0) is 27.7 Å². The minimum Gasteiger partial charge on any atom is -0.491 e. The molecule has 0 N–H and O–H groups in total. The first-order chi connectivity index (χ1) is 27.9. The molecule has 6 rings (SSSR count). The van der Waals surface area contributed by atoms with Gasteiger partial charge in [-0.3, -0.25) is 0 Å². The van der Waals surface area contributed by atoms with E-state index in [1.54, 1.807) is 0 Å². The normalized spacial score (nSPS) is 12.7. The van der Waals surface area contributed by atoms with Crippen molar-refractivity contribution in [3.63, 3.8) is 0 Å². The van der Waals surface area contributed by atoms with Crippen LogP contribution in [0.1, 0.15) is 124 Å². The SMILES string of the molecule is CCCCCCc1cc(-c2ccc3c(c2)C(c2ccc(OCCOCC)cc2)(c2ccc(OCCOCC)cc2)c2cc(C)ccc2-3)c(CCCCCC)cc1C. The zero-order valence-corrected chi connectivity index (χ0v) is 35.7. The predicted molar refractivity (Wildman–Crippen MR) is 238 cm³/mol. The Morgan fingerprint density at radius 2 is 0.982 bits per heavy atom. The quantitative estimate of drug-likeness (QED) is 0.0609. The Hall–Kier alpha value is -4.38. The third-order valence-electron chi connectivity index (χ3n) is 11.7. The van der Waals surface area contributed by atoms with Crippen LogP contribution in [0.15, 0.2) is 97.1 Å². The van der Waals surface area contributed by atoms with E-state index in [-0.39, 0.29) is 0 Å². The molecule has 0 aromatic heterocycles. The first kappa shape index (κ1) is 42.2. The number of fused-ring (bicyclic) bond motifs is 3. The molecule has 0 heterocycles. The van der Waals surface area contributed by atoms with Crippen LogP contribution >= 0.6 is 0 Å². The Labute approximate surface area is 344 Å². The predicted octanol–water partition coefficient (Wildman–Crippen LogP) is 13.4. The van der Waals surface area contributed by atoms with E-state index in [4.69, 9.17) is 18.9 Å². The molecule has 0 saturated carbocycles. The summed E-state index contributed by atoms with van der Waals surface area (Å²) in [5.41, 5.74) is 15.4. The van der Waals surface area contributed by atoms with Crippen molar-refractivity contribution < 1.29 is 18.9 Å². The molecule has 4 heteroatoms. The van der Waals surface area contributed by atoms with Crippen molar-refractivity contribution >= 4 is 0 Å². The molecule has 0 aliphatic heterocycles. The average molecular weight is 767 g/mol. The van der Waals surface area contributed by atoms with E-state index in [0.717, 1.165) is 24.3 Å². The van der Waals surface area contributed by atoms with Crippen LogP contribution in [-0.4, -0.2) is 39.6 Å². The summed E-state index contributed by atoms with van der Waals surface area (Å²) in [5, 5.41) is 0. The third-order valence-corrected chi connectivity index (χ3v) is 11.7. The second-order valence-electron chi connectivity index (χ2n) is 15.8. The molecule has 0 spiro atoms. The van der Waals surface area contributed by atoms with Gasteiger partial charge in [0.15, 0.2) is 0 Å². The highest BCUT2D eigenvalue weighted by molar-refractivity contribution is 5.89. The molecular weight excluding hydrogens is 701 g/mol. The van der Waals surface area contributed by atoms with Gasteiger partial charge in [0.05, 0.1) is 18.6 Å². The van der Waals surface area contributed by atoms with E-state index < -0.39 is 5.41 Å². The molecule has 1 aliphatic carbocycles. The lowest BCUT2D eigenvalue weighted by atomic mass is 9.67. The smallest absolute Gasteiger partial charge is 0.119 e. The molecule has 0 radical (unpaired) electrons. The van der Waals surface area contributed by atoms with Gasteiger partial charge in [0.2, 0.25) is 0 Å². The number of hydrogen-bond donors (Lipinski definition) is 0. The molecule has 5 aromatic rings. The molecule has 0 saturated heterocycles. The lowest BCUT2D eigenvalue weighted by molar-refractivity contribution is 0.110. The number of unbranched alkanes of at least 4 members (excludes halogenated alkanes) is 6. The second kappa shape index (κ2) is 20.9. The van der Waals surface area contributed by atoms with Gasteiger partial charge in [-0.15, -0.1) is 0 Å². The van der Waals surface area contributed by atoms with Gasteiger partial charge in [0.1, 0.15) is 24.7 Å². The third kappa shape index (κ3) is 9.85. The number of rotatable bonds is 23. The molecule has 0 unspecified atom stereocenters. The topological polar surface area (TPSA) is 36.9 Å². The zero-order chi connectivity index (χ0) is 40.0. The van der Waals surface area contributed by atoms with E-state index in [1.807, 2.05) is 13.8 Å². The summed E-state index contributed by atoms with van der Waals surface area (Å²) in [5.74, 6) is 1.70. The van der Waals surface area contributed by atoms with Crippen molar-refractivity contribution in [2.45, 2.75) is 111 Å². The first-order valence-electron chi connectivity index (χ1n) is 21.9. The maximum absolute atomic E-state index is 6.14. The highest BCUT2D eigenvalue weighted by atomic mass is 16.5. The standard InChI is InChI=1S/C53H66O4/c1-7-11-13-15-17-41-37-50(42(36-40(41)6)18-16-14-12-8-2)43-20-30-49-48-29-19-39(5)35-51(48)53(52(49)38-43,44-21-25-46(26-22-44)56-33-31-54-9-3)45-23-27-47(28-24-45)57-34-32-55-10-4/h19-30,35-38H,7-18,31-34H2,1-6H3. The second-order valence-corrected chi connectivity index (χ2v) is 15.8. The number of hydrogen-bond acceptors (Lipinski definition) is 4. The summed E-state index contributed by atoms with van der Waals surface area (Å²) in [4.78, 5) is 0. The lowest BCUT2D eigenvalue weighted by Gasteiger charge is -2.34. The van der Waals surface area contributed by atoms with Crippen molar-refractivity contribution in [1.29, 1.82) is 0 Å². The molecule has 0 amide bonds. The van der Waals surface area contributed by atoms with Crippen molar-refractivity contribution in [3.8, 4) is 33.8 Å². The molecule has 302 valence electrons. The van der Waals surface area contributed by atoms with Gasteiger partial charge in [0.25, 0.3) is 0 Å². The van der Waals surface area contributed by atoms with Gasteiger partial charge in [-0.05, 0) is 145 Å². The Balaban J connectivity index is 1.52. The summed E-state index contributed by atoms with van der Waals surface area (Å²) < 4.78 is 23.4. The Bertz CT molecular complexity index is 1950. The molecule has 0 bridgehead atoms. The van der Waals surface area contributed by atoms with Crippen molar-refractivity contribution in [2.24, 2.45) is 0 Å². The van der Waals surface area contributed by atoms with Crippen LogP contribution in [0.2, 0.25) is 0 Å².